The Kier molecular flexibility index (Phi) is 6.91. The van der Waals surface area contributed by atoms with E-state index in [9.17, 15) is 35.5 Å². The molecule has 0 aromatic heterocycles. The first kappa shape index (κ1) is 19.8. The van der Waals surface area contributed by atoms with Crippen LogP contribution in [-0.2, 0) is 0 Å². The second kappa shape index (κ2) is 8.03. The molecule has 0 fully saturated rings. The van der Waals surface area contributed by atoms with Crippen LogP contribution in [0.3, 0.4) is 0 Å². The highest BCUT2D eigenvalue weighted by Gasteiger charge is 2.64. The average Bonchev–Trinajstić information content (AvgIpc) is 2.54. The van der Waals surface area contributed by atoms with E-state index in [0.29, 0.717) is 11.8 Å². The summed E-state index contributed by atoms with van der Waals surface area (Å²) in [5.41, 5.74) is 0.277. The molecule has 0 radical (unpaired) electrons. The van der Waals surface area contributed by atoms with E-state index >= 15 is 0 Å². The zero-order valence-corrected chi connectivity index (χ0v) is 12.4. The number of hydrogen-bond acceptors (Lipinski definition) is 2. The van der Waals surface area contributed by atoms with Crippen LogP contribution in [0, 0.1) is 0 Å². The third-order valence-electron chi connectivity index (χ3n) is 2.96. The van der Waals surface area contributed by atoms with Crippen LogP contribution in [0.15, 0.2) is 30.3 Å². The summed E-state index contributed by atoms with van der Waals surface area (Å²) in [6.07, 6.45) is -7.69. The third-order valence-corrected chi connectivity index (χ3v) is 3.89. The number of rotatable bonds is 8. The highest BCUT2D eigenvalue weighted by atomic mass is 32.2. The van der Waals surface area contributed by atoms with Gasteiger partial charge in [0.2, 0.25) is 11.3 Å². The van der Waals surface area contributed by atoms with Crippen LogP contribution in [0.2, 0.25) is 0 Å². The predicted molar refractivity (Wildman–Crippen MR) is 73.5 cm³/mol. The van der Waals surface area contributed by atoms with Gasteiger partial charge in [-0.05, 0) is 6.42 Å². The van der Waals surface area contributed by atoms with E-state index < -0.39 is 42.4 Å². The van der Waals surface area contributed by atoms with Crippen molar-refractivity contribution in [2.24, 2.45) is 0 Å². The highest BCUT2D eigenvalue weighted by molar-refractivity contribution is 8.14. The highest BCUT2D eigenvalue weighted by Crippen LogP contribution is 2.41. The Bertz CT molecular complexity index is 509. The van der Waals surface area contributed by atoms with Crippen molar-refractivity contribution in [1.82, 2.24) is 0 Å². The number of halogens is 7. The molecular weight excluding hydrogens is 349 g/mol. The molecule has 1 nitrogen and oxygen atoms in total. The van der Waals surface area contributed by atoms with E-state index in [0.717, 1.165) is 0 Å². The van der Waals surface area contributed by atoms with Gasteiger partial charge < -0.3 is 0 Å². The van der Waals surface area contributed by atoms with Crippen LogP contribution < -0.4 is 0 Å². The van der Waals surface area contributed by atoms with Gasteiger partial charge in [-0.15, -0.1) is 0 Å². The zero-order chi connectivity index (χ0) is 17.7. The topological polar surface area (TPSA) is 17.1 Å². The zero-order valence-electron chi connectivity index (χ0n) is 11.6. The standard InChI is InChI=1S/C14H13F7OS/c15-8-13(18,19)14(20,21)11(17)10(16)6-7-23-12(22)9-4-2-1-3-5-9/h1-5,10-11H,6-8H2. The molecule has 0 saturated carbocycles. The summed E-state index contributed by atoms with van der Waals surface area (Å²) in [6.45, 7) is -2.80. The van der Waals surface area contributed by atoms with Crippen molar-refractivity contribution >= 4 is 16.9 Å². The first-order valence-electron chi connectivity index (χ1n) is 6.45. The molecule has 0 aliphatic carbocycles. The fourth-order valence-electron chi connectivity index (χ4n) is 1.59. The van der Waals surface area contributed by atoms with Crippen LogP contribution in [0.5, 0.6) is 0 Å². The van der Waals surface area contributed by atoms with Crippen LogP contribution >= 0.6 is 11.8 Å². The minimum absolute atomic E-state index is 0.277. The number of carbonyl (C=O) groups excluding carboxylic acids is 1. The Labute approximate surface area is 132 Å². The van der Waals surface area contributed by atoms with Crippen LogP contribution in [-0.4, -0.2) is 41.7 Å². The van der Waals surface area contributed by atoms with Crippen molar-refractivity contribution in [3.8, 4) is 0 Å². The Balaban J connectivity index is 2.53. The van der Waals surface area contributed by atoms with E-state index in [1.807, 2.05) is 0 Å². The lowest BCUT2D eigenvalue weighted by atomic mass is 10.0. The molecule has 0 aliphatic heterocycles. The summed E-state index contributed by atoms with van der Waals surface area (Å²) in [7, 11) is 0. The summed E-state index contributed by atoms with van der Waals surface area (Å²) in [6, 6.07) is 7.73. The normalized spacial score (nSPS) is 15.3. The first-order valence-corrected chi connectivity index (χ1v) is 7.44. The van der Waals surface area contributed by atoms with Gasteiger partial charge in [0.1, 0.15) is 6.17 Å². The van der Waals surface area contributed by atoms with Crippen molar-refractivity contribution in [2.45, 2.75) is 30.6 Å². The second-order valence-electron chi connectivity index (χ2n) is 4.67. The molecular formula is C14H13F7OS. The summed E-state index contributed by atoms with van der Waals surface area (Å²) in [5.74, 6) is -11.1. The number of benzene rings is 1. The maximum atomic E-state index is 13.4. The van der Waals surface area contributed by atoms with Crippen molar-refractivity contribution < 1.29 is 35.5 Å². The number of alkyl halides is 7. The Morgan fingerprint density at radius 1 is 1.09 bits per heavy atom. The van der Waals surface area contributed by atoms with Crippen molar-refractivity contribution in [1.29, 1.82) is 0 Å². The number of hydrogen-bond donors (Lipinski definition) is 0. The summed E-state index contributed by atoms with van der Waals surface area (Å²) in [5, 5.41) is -0.492. The number of thioether (sulfide) groups is 1. The number of carbonyl (C=O) groups is 1. The molecule has 0 amide bonds. The Morgan fingerprint density at radius 3 is 2.17 bits per heavy atom. The summed E-state index contributed by atoms with van der Waals surface area (Å²) < 4.78 is 89.8. The lowest BCUT2D eigenvalue weighted by Gasteiger charge is -2.28. The summed E-state index contributed by atoms with van der Waals surface area (Å²) in [4.78, 5) is 11.6. The largest absolute Gasteiger partial charge is 0.346 e. The molecule has 0 spiro atoms. The molecule has 0 bridgehead atoms. The SMILES string of the molecule is O=C(SCCC(F)C(F)C(F)(F)C(F)(F)CF)c1ccccc1. The molecule has 0 heterocycles. The lowest BCUT2D eigenvalue weighted by molar-refractivity contribution is -0.252. The van der Waals surface area contributed by atoms with E-state index in [4.69, 9.17) is 0 Å². The quantitative estimate of drug-likeness (QED) is 0.614. The molecule has 0 saturated heterocycles. The van der Waals surface area contributed by atoms with Crippen LogP contribution in [0.4, 0.5) is 30.7 Å². The molecule has 1 aromatic carbocycles. The Hall–Kier alpha value is -1.25. The molecule has 2 unspecified atom stereocenters. The van der Waals surface area contributed by atoms with Gasteiger partial charge in [-0.25, -0.2) is 13.2 Å². The molecule has 1 aromatic rings. The van der Waals surface area contributed by atoms with Crippen LogP contribution in [0.1, 0.15) is 16.8 Å². The van der Waals surface area contributed by atoms with Gasteiger partial charge in [-0.1, -0.05) is 42.1 Å². The fraction of sp³-hybridized carbons (Fsp3) is 0.500. The van der Waals surface area contributed by atoms with Gasteiger partial charge in [0.15, 0.2) is 6.67 Å². The molecule has 1 rings (SSSR count). The molecule has 0 aliphatic rings. The van der Waals surface area contributed by atoms with E-state index in [-0.39, 0.29) is 11.3 Å². The second-order valence-corrected chi connectivity index (χ2v) is 5.74. The van der Waals surface area contributed by atoms with Gasteiger partial charge in [0.25, 0.3) is 0 Å². The fourth-order valence-corrected chi connectivity index (χ4v) is 2.42. The van der Waals surface area contributed by atoms with Crippen molar-refractivity contribution in [3.63, 3.8) is 0 Å². The van der Waals surface area contributed by atoms with Gasteiger partial charge in [0, 0.05) is 11.3 Å². The predicted octanol–water partition coefficient (Wildman–Crippen LogP) is 4.87. The van der Waals surface area contributed by atoms with E-state index in [1.165, 1.54) is 12.1 Å². The molecule has 2 atom stereocenters. The smallest absolute Gasteiger partial charge is 0.282 e. The van der Waals surface area contributed by atoms with E-state index in [1.54, 1.807) is 18.2 Å². The third kappa shape index (κ3) is 4.86. The van der Waals surface area contributed by atoms with E-state index in [2.05, 4.69) is 0 Å². The van der Waals surface area contributed by atoms with Gasteiger partial charge >= 0.3 is 11.8 Å². The molecule has 9 heteroatoms. The maximum Gasteiger partial charge on any atom is 0.346 e. The minimum Gasteiger partial charge on any atom is -0.282 e. The minimum atomic E-state index is -5.46. The molecule has 130 valence electrons. The lowest BCUT2D eigenvalue weighted by Crippen LogP contribution is -2.52. The molecule has 0 N–H and O–H groups in total. The maximum absolute atomic E-state index is 13.4. The molecule has 23 heavy (non-hydrogen) atoms. The van der Waals surface area contributed by atoms with Crippen molar-refractivity contribution in [2.75, 3.05) is 12.4 Å². The summed E-state index contributed by atoms with van der Waals surface area (Å²) >= 11 is 0.547. The van der Waals surface area contributed by atoms with Gasteiger partial charge in [-0.3, -0.25) is 4.79 Å². The first-order chi connectivity index (χ1) is 10.6. The Morgan fingerprint density at radius 2 is 1.65 bits per heavy atom. The van der Waals surface area contributed by atoms with Gasteiger partial charge in [-0.2, -0.15) is 17.6 Å². The van der Waals surface area contributed by atoms with Gasteiger partial charge in [0.05, 0.1) is 0 Å². The monoisotopic (exact) mass is 362 g/mol. The van der Waals surface area contributed by atoms with Crippen LogP contribution in [0.25, 0.3) is 0 Å². The average molecular weight is 362 g/mol. The van der Waals surface area contributed by atoms with Crippen molar-refractivity contribution in [3.05, 3.63) is 35.9 Å².